The van der Waals surface area contributed by atoms with E-state index in [4.69, 9.17) is 5.11 Å². The predicted octanol–water partition coefficient (Wildman–Crippen LogP) is 2.71. The van der Waals surface area contributed by atoms with Crippen molar-refractivity contribution in [3.05, 3.63) is 28.7 Å². The molecule has 21 heavy (non-hydrogen) atoms. The van der Waals surface area contributed by atoms with E-state index < -0.39 is 9.84 Å². The largest absolute Gasteiger partial charge is 0.395 e. The van der Waals surface area contributed by atoms with E-state index in [1.807, 2.05) is 4.90 Å². The number of benzene rings is 1. The van der Waals surface area contributed by atoms with E-state index in [2.05, 4.69) is 22.9 Å². The van der Waals surface area contributed by atoms with Crippen molar-refractivity contribution in [1.29, 1.82) is 0 Å². The van der Waals surface area contributed by atoms with Gasteiger partial charge in [-0.1, -0.05) is 35.7 Å². The van der Waals surface area contributed by atoms with Crippen LogP contribution in [0.5, 0.6) is 0 Å². The zero-order valence-corrected chi connectivity index (χ0v) is 14.9. The Morgan fingerprint density at radius 3 is 2.33 bits per heavy atom. The van der Waals surface area contributed by atoms with Crippen LogP contribution in [-0.4, -0.2) is 50.4 Å². The Morgan fingerprint density at radius 2 is 1.76 bits per heavy atom. The molecule has 0 amide bonds. The van der Waals surface area contributed by atoms with Crippen molar-refractivity contribution in [3.8, 4) is 0 Å². The third kappa shape index (κ3) is 6.91. The Hall–Kier alpha value is -0.430. The third-order valence-electron chi connectivity index (χ3n) is 3.34. The Morgan fingerprint density at radius 1 is 1.10 bits per heavy atom. The summed E-state index contributed by atoms with van der Waals surface area (Å²) in [6.07, 6.45) is 3.29. The summed E-state index contributed by atoms with van der Waals surface area (Å²) in [5.41, 5.74) is 0. The van der Waals surface area contributed by atoms with Gasteiger partial charge in [0.05, 0.1) is 17.3 Å². The molecule has 120 valence electrons. The molecule has 1 N–H and O–H groups in total. The van der Waals surface area contributed by atoms with Crippen LogP contribution in [0, 0.1) is 0 Å². The van der Waals surface area contributed by atoms with Crippen LogP contribution in [0.2, 0.25) is 0 Å². The number of rotatable bonds is 10. The van der Waals surface area contributed by atoms with Gasteiger partial charge in [-0.15, -0.1) is 0 Å². The van der Waals surface area contributed by atoms with Crippen molar-refractivity contribution in [2.24, 2.45) is 0 Å². The van der Waals surface area contributed by atoms with Gasteiger partial charge in [0.2, 0.25) is 0 Å². The van der Waals surface area contributed by atoms with Gasteiger partial charge >= 0.3 is 0 Å². The van der Waals surface area contributed by atoms with Crippen LogP contribution >= 0.6 is 15.9 Å². The Balaban J connectivity index is 2.58. The smallest absolute Gasteiger partial charge is 0.179 e. The van der Waals surface area contributed by atoms with Crippen LogP contribution in [0.1, 0.15) is 26.2 Å². The molecule has 0 bridgehead atoms. The molecule has 0 unspecified atom stereocenters. The number of hydrogen-bond donors (Lipinski definition) is 1. The van der Waals surface area contributed by atoms with Crippen molar-refractivity contribution in [1.82, 2.24) is 4.90 Å². The molecule has 0 spiro atoms. The molecule has 1 aromatic carbocycles. The molecule has 6 heteroatoms. The maximum absolute atomic E-state index is 12.3. The van der Waals surface area contributed by atoms with Gasteiger partial charge in [0.1, 0.15) is 0 Å². The van der Waals surface area contributed by atoms with E-state index in [-0.39, 0.29) is 12.4 Å². The third-order valence-corrected chi connectivity index (χ3v) is 5.58. The first-order valence-electron chi connectivity index (χ1n) is 7.31. The molecule has 1 rings (SSSR count). The molecule has 0 radical (unpaired) electrons. The minimum Gasteiger partial charge on any atom is -0.395 e. The number of aliphatic hydroxyl groups excluding tert-OH is 1. The molecule has 0 heterocycles. The first kappa shape index (κ1) is 18.6. The van der Waals surface area contributed by atoms with Crippen LogP contribution in [-0.2, 0) is 9.84 Å². The molecular formula is C15H24BrNO3S. The molecule has 1 aromatic rings. The van der Waals surface area contributed by atoms with E-state index in [0.717, 1.165) is 30.3 Å². The topological polar surface area (TPSA) is 57.6 Å². The van der Waals surface area contributed by atoms with Gasteiger partial charge < -0.3 is 10.0 Å². The number of unbranched alkanes of at least 4 members (excludes halogenated alkanes) is 2. The predicted molar refractivity (Wildman–Crippen MR) is 89.2 cm³/mol. The zero-order valence-electron chi connectivity index (χ0n) is 12.5. The molecule has 0 saturated heterocycles. The van der Waals surface area contributed by atoms with E-state index in [1.54, 1.807) is 24.3 Å². The maximum atomic E-state index is 12.3. The molecule has 0 aliphatic carbocycles. The fourth-order valence-electron chi connectivity index (χ4n) is 2.07. The van der Waals surface area contributed by atoms with Crippen LogP contribution < -0.4 is 0 Å². The summed E-state index contributed by atoms with van der Waals surface area (Å²) in [6.45, 7) is 4.02. The fraction of sp³-hybridized carbons (Fsp3) is 0.600. The first-order valence-corrected chi connectivity index (χ1v) is 9.75. The molecule has 0 fully saturated rings. The Bertz CT molecular complexity index is 502. The summed E-state index contributed by atoms with van der Waals surface area (Å²) in [5, 5.41) is 9.07. The van der Waals surface area contributed by atoms with Crippen LogP contribution in [0.3, 0.4) is 0 Å². The lowest BCUT2D eigenvalue weighted by atomic mass is 10.2. The van der Waals surface area contributed by atoms with Gasteiger partial charge in [0, 0.05) is 17.6 Å². The standard InChI is InChI=1S/C15H24BrNO3S/c1-2-3-4-9-17(10-12-18)11-13-21(19,20)15-7-5-14(16)6-8-15/h5-8,18H,2-4,9-13H2,1H3. The quantitative estimate of drug-likeness (QED) is 0.636. The highest BCUT2D eigenvalue weighted by molar-refractivity contribution is 9.10. The first-order chi connectivity index (χ1) is 9.99. The Kier molecular flexibility index (Phi) is 8.48. The van der Waals surface area contributed by atoms with E-state index in [1.165, 1.54) is 0 Å². The van der Waals surface area contributed by atoms with E-state index in [0.29, 0.717) is 18.0 Å². The van der Waals surface area contributed by atoms with Gasteiger partial charge in [-0.3, -0.25) is 0 Å². The van der Waals surface area contributed by atoms with Crippen LogP contribution in [0.15, 0.2) is 33.6 Å². The monoisotopic (exact) mass is 377 g/mol. The van der Waals surface area contributed by atoms with Crippen molar-refractivity contribution in [2.45, 2.75) is 31.1 Å². The van der Waals surface area contributed by atoms with E-state index >= 15 is 0 Å². The number of hydrogen-bond acceptors (Lipinski definition) is 4. The summed E-state index contributed by atoms with van der Waals surface area (Å²) in [7, 11) is -3.27. The molecule has 0 aliphatic heterocycles. The van der Waals surface area contributed by atoms with Gasteiger partial charge in [-0.2, -0.15) is 0 Å². The fourth-order valence-corrected chi connectivity index (χ4v) is 3.62. The number of halogens is 1. The number of aliphatic hydroxyl groups is 1. The summed E-state index contributed by atoms with van der Waals surface area (Å²) in [5.74, 6) is 0.0841. The van der Waals surface area contributed by atoms with Crippen molar-refractivity contribution < 1.29 is 13.5 Å². The molecule has 0 saturated carbocycles. The molecular weight excluding hydrogens is 354 g/mol. The van der Waals surface area contributed by atoms with Crippen molar-refractivity contribution in [2.75, 3.05) is 32.0 Å². The second-order valence-electron chi connectivity index (χ2n) is 5.05. The second-order valence-corrected chi connectivity index (χ2v) is 8.07. The lowest BCUT2D eigenvalue weighted by molar-refractivity contribution is 0.200. The molecule has 0 aliphatic rings. The van der Waals surface area contributed by atoms with Gasteiger partial charge in [0.15, 0.2) is 9.84 Å². The minimum atomic E-state index is -3.27. The average molecular weight is 378 g/mol. The SMILES string of the molecule is CCCCCN(CCO)CCS(=O)(=O)c1ccc(Br)cc1. The van der Waals surface area contributed by atoms with Crippen LogP contribution in [0.4, 0.5) is 0 Å². The van der Waals surface area contributed by atoms with Crippen LogP contribution in [0.25, 0.3) is 0 Å². The average Bonchev–Trinajstić information content (AvgIpc) is 2.45. The van der Waals surface area contributed by atoms with Gasteiger partial charge in [-0.25, -0.2) is 8.42 Å². The number of sulfone groups is 1. The normalized spacial score (nSPS) is 12.0. The number of nitrogens with zero attached hydrogens (tertiary/aromatic N) is 1. The summed E-state index contributed by atoms with van der Waals surface area (Å²) in [4.78, 5) is 2.37. The maximum Gasteiger partial charge on any atom is 0.179 e. The van der Waals surface area contributed by atoms with Gasteiger partial charge in [0.25, 0.3) is 0 Å². The highest BCUT2D eigenvalue weighted by Crippen LogP contribution is 2.16. The van der Waals surface area contributed by atoms with E-state index in [9.17, 15) is 8.42 Å². The van der Waals surface area contributed by atoms with Crippen molar-refractivity contribution in [3.63, 3.8) is 0 Å². The lowest BCUT2D eigenvalue weighted by Gasteiger charge is -2.21. The highest BCUT2D eigenvalue weighted by Gasteiger charge is 2.16. The summed E-state index contributed by atoms with van der Waals surface area (Å²) < 4.78 is 25.4. The summed E-state index contributed by atoms with van der Waals surface area (Å²) >= 11 is 3.30. The lowest BCUT2D eigenvalue weighted by Crippen LogP contribution is -2.32. The minimum absolute atomic E-state index is 0.0600. The Labute approximate surface area is 136 Å². The zero-order chi connectivity index (χ0) is 15.7. The molecule has 0 atom stereocenters. The molecule has 0 aromatic heterocycles. The highest BCUT2D eigenvalue weighted by atomic mass is 79.9. The second kappa shape index (κ2) is 9.56. The van der Waals surface area contributed by atoms with Crippen molar-refractivity contribution >= 4 is 25.8 Å². The summed E-state index contributed by atoms with van der Waals surface area (Å²) in [6, 6.07) is 6.71. The van der Waals surface area contributed by atoms with Gasteiger partial charge in [-0.05, 0) is 37.2 Å². The molecule has 4 nitrogen and oxygen atoms in total.